The lowest BCUT2D eigenvalue weighted by Crippen LogP contribution is -2.30. The number of nitrogens with zero attached hydrogens (tertiary/aromatic N) is 2. The molecule has 1 atom stereocenters. The summed E-state index contributed by atoms with van der Waals surface area (Å²) in [6, 6.07) is 4.40. The molecule has 0 aliphatic carbocycles. The van der Waals surface area contributed by atoms with Gasteiger partial charge in [0, 0.05) is 6.04 Å². The Morgan fingerprint density at radius 3 is 3.07 bits per heavy atom. The molecule has 1 fully saturated rings. The van der Waals surface area contributed by atoms with Gasteiger partial charge in [-0.25, -0.2) is 4.98 Å². The third-order valence-corrected chi connectivity index (χ3v) is 3.28. The van der Waals surface area contributed by atoms with E-state index in [1.807, 2.05) is 12.1 Å². The molecule has 15 heavy (non-hydrogen) atoms. The first-order valence-electron chi connectivity index (χ1n) is 5.20. The molecular formula is C11H15BrN2O. The van der Waals surface area contributed by atoms with Crippen LogP contribution < -0.4 is 4.74 Å². The molecule has 0 spiro atoms. The first-order valence-corrected chi connectivity index (χ1v) is 5.99. The molecule has 0 N–H and O–H groups in total. The second-order valence-corrected chi connectivity index (χ2v) is 4.72. The van der Waals surface area contributed by atoms with Crippen LogP contribution in [0.15, 0.2) is 22.9 Å². The molecule has 1 aliphatic heterocycles. The first-order chi connectivity index (χ1) is 7.25. The van der Waals surface area contributed by atoms with Crippen molar-refractivity contribution < 1.29 is 4.74 Å². The van der Waals surface area contributed by atoms with Crippen LogP contribution >= 0.6 is 15.9 Å². The predicted molar refractivity (Wildman–Crippen MR) is 63.1 cm³/mol. The van der Waals surface area contributed by atoms with Crippen LogP contribution in [0.25, 0.3) is 0 Å². The van der Waals surface area contributed by atoms with Gasteiger partial charge in [0.05, 0.1) is 6.20 Å². The van der Waals surface area contributed by atoms with Gasteiger partial charge < -0.3 is 9.64 Å². The van der Waals surface area contributed by atoms with Crippen LogP contribution in [-0.4, -0.2) is 36.1 Å². The number of likely N-dealkylation sites (tertiary alicyclic amines) is 1. The Kier molecular flexibility index (Phi) is 3.59. The highest BCUT2D eigenvalue weighted by atomic mass is 79.9. The number of ether oxygens (including phenoxy) is 1. The van der Waals surface area contributed by atoms with Gasteiger partial charge in [-0.1, -0.05) is 0 Å². The summed E-state index contributed by atoms with van der Waals surface area (Å²) in [5.74, 6) is 0.846. The van der Waals surface area contributed by atoms with E-state index in [0.717, 1.165) is 17.0 Å². The fourth-order valence-electron chi connectivity index (χ4n) is 1.83. The lowest BCUT2D eigenvalue weighted by molar-refractivity contribution is 0.198. The summed E-state index contributed by atoms with van der Waals surface area (Å²) in [4.78, 5) is 6.47. The third-order valence-electron chi connectivity index (χ3n) is 2.81. The molecule has 1 saturated heterocycles. The molecule has 1 aromatic heterocycles. The summed E-state index contributed by atoms with van der Waals surface area (Å²) in [5, 5.41) is 0. The monoisotopic (exact) mass is 270 g/mol. The zero-order valence-electron chi connectivity index (χ0n) is 8.82. The van der Waals surface area contributed by atoms with Crippen molar-refractivity contribution in [2.75, 3.05) is 20.2 Å². The van der Waals surface area contributed by atoms with E-state index in [1.54, 1.807) is 6.20 Å². The molecule has 1 aromatic rings. The van der Waals surface area contributed by atoms with Crippen molar-refractivity contribution in [3.05, 3.63) is 22.9 Å². The van der Waals surface area contributed by atoms with Crippen molar-refractivity contribution in [1.82, 2.24) is 9.88 Å². The molecular weight excluding hydrogens is 256 g/mol. The fourth-order valence-corrected chi connectivity index (χ4v) is 2.06. The van der Waals surface area contributed by atoms with Crippen LogP contribution in [0.1, 0.15) is 12.8 Å². The number of halogens is 1. The highest BCUT2D eigenvalue weighted by molar-refractivity contribution is 9.10. The van der Waals surface area contributed by atoms with Crippen LogP contribution in [0, 0.1) is 0 Å². The highest BCUT2D eigenvalue weighted by Gasteiger charge is 2.21. The Labute approximate surface area is 98.6 Å². The van der Waals surface area contributed by atoms with Gasteiger partial charge in [0.25, 0.3) is 0 Å². The average molecular weight is 271 g/mol. The van der Waals surface area contributed by atoms with E-state index in [9.17, 15) is 0 Å². The maximum absolute atomic E-state index is 5.69. The van der Waals surface area contributed by atoms with Crippen molar-refractivity contribution in [3.63, 3.8) is 0 Å². The molecule has 2 rings (SSSR count). The fraction of sp³-hybridized carbons (Fsp3) is 0.545. The lowest BCUT2D eigenvalue weighted by atomic mass is 10.2. The van der Waals surface area contributed by atoms with Crippen molar-refractivity contribution >= 4 is 15.9 Å². The van der Waals surface area contributed by atoms with Gasteiger partial charge >= 0.3 is 0 Å². The Bertz CT molecular complexity index is 315. The van der Waals surface area contributed by atoms with Gasteiger partial charge in [-0.2, -0.15) is 0 Å². The van der Waals surface area contributed by atoms with Crippen LogP contribution in [0.2, 0.25) is 0 Å². The molecule has 1 aliphatic rings. The minimum Gasteiger partial charge on any atom is -0.490 e. The Morgan fingerprint density at radius 1 is 1.60 bits per heavy atom. The summed E-state index contributed by atoms with van der Waals surface area (Å²) in [6.45, 7) is 1.95. The van der Waals surface area contributed by atoms with Gasteiger partial charge in [-0.05, 0) is 54.5 Å². The molecule has 0 bridgehead atoms. The van der Waals surface area contributed by atoms with E-state index in [4.69, 9.17) is 4.74 Å². The normalized spacial score (nSPS) is 21.9. The number of hydrogen-bond donors (Lipinski definition) is 0. The second kappa shape index (κ2) is 4.94. The van der Waals surface area contributed by atoms with Gasteiger partial charge in [0.15, 0.2) is 0 Å². The molecule has 3 nitrogen and oxygen atoms in total. The van der Waals surface area contributed by atoms with E-state index in [0.29, 0.717) is 6.04 Å². The Balaban J connectivity index is 1.85. The molecule has 0 aromatic carbocycles. The molecule has 2 heterocycles. The SMILES string of the molecule is CN1CCCC1COc1ccc(Br)nc1. The van der Waals surface area contributed by atoms with E-state index in [2.05, 4.69) is 32.9 Å². The Hall–Kier alpha value is -0.610. The van der Waals surface area contributed by atoms with Crippen LogP contribution in [0.3, 0.4) is 0 Å². The van der Waals surface area contributed by atoms with Gasteiger partial charge in [0.1, 0.15) is 17.0 Å². The summed E-state index contributed by atoms with van der Waals surface area (Å²) >= 11 is 3.30. The summed E-state index contributed by atoms with van der Waals surface area (Å²) in [5.41, 5.74) is 0. The zero-order chi connectivity index (χ0) is 10.7. The topological polar surface area (TPSA) is 25.4 Å². The maximum Gasteiger partial charge on any atom is 0.137 e. The predicted octanol–water partition coefficient (Wildman–Crippen LogP) is 2.32. The standard InChI is InChI=1S/C11H15BrN2O/c1-14-6-2-3-9(14)8-15-10-4-5-11(12)13-7-10/h4-5,7,9H,2-3,6,8H2,1H3. The van der Waals surface area contributed by atoms with Crippen LogP contribution in [0.4, 0.5) is 0 Å². The third kappa shape index (κ3) is 2.92. The second-order valence-electron chi connectivity index (χ2n) is 3.90. The number of aromatic nitrogens is 1. The number of pyridine rings is 1. The molecule has 1 unspecified atom stereocenters. The number of likely N-dealkylation sites (N-methyl/N-ethyl adjacent to an activating group) is 1. The summed E-state index contributed by atoms with van der Waals surface area (Å²) in [7, 11) is 2.15. The number of rotatable bonds is 3. The lowest BCUT2D eigenvalue weighted by Gasteiger charge is -2.19. The first kappa shape index (κ1) is 10.9. The smallest absolute Gasteiger partial charge is 0.137 e. The van der Waals surface area contributed by atoms with Gasteiger partial charge in [0.2, 0.25) is 0 Å². The van der Waals surface area contributed by atoms with E-state index in [-0.39, 0.29) is 0 Å². The molecule has 0 saturated carbocycles. The van der Waals surface area contributed by atoms with Crippen molar-refractivity contribution in [1.29, 1.82) is 0 Å². The summed E-state index contributed by atoms with van der Waals surface area (Å²) < 4.78 is 6.53. The van der Waals surface area contributed by atoms with Crippen molar-refractivity contribution in [3.8, 4) is 5.75 Å². The molecule has 4 heteroatoms. The van der Waals surface area contributed by atoms with Crippen molar-refractivity contribution in [2.24, 2.45) is 0 Å². The van der Waals surface area contributed by atoms with Crippen molar-refractivity contribution in [2.45, 2.75) is 18.9 Å². The zero-order valence-corrected chi connectivity index (χ0v) is 10.4. The van der Waals surface area contributed by atoms with Crippen LogP contribution in [0.5, 0.6) is 5.75 Å². The Morgan fingerprint density at radius 2 is 2.47 bits per heavy atom. The highest BCUT2D eigenvalue weighted by Crippen LogP contribution is 2.17. The largest absolute Gasteiger partial charge is 0.490 e. The van der Waals surface area contributed by atoms with Crippen LogP contribution in [-0.2, 0) is 0 Å². The average Bonchev–Trinajstić information content (AvgIpc) is 2.63. The molecule has 0 radical (unpaired) electrons. The number of hydrogen-bond acceptors (Lipinski definition) is 3. The quantitative estimate of drug-likeness (QED) is 0.789. The minimum atomic E-state index is 0.564. The molecule has 82 valence electrons. The molecule has 0 amide bonds. The minimum absolute atomic E-state index is 0.564. The van der Waals surface area contributed by atoms with E-state index < -0.39 is 0 Å². The van der Waals surface area contributed by atoms with E-state index >= 15 is 0 Å². The van der Waals surface area contributed by atoms with Gasteiger partial charge in [-0.15, -0.1) is 0 Å². The van der Waals surface area contributed by atoms with Gasteiger partial charge in [-0.3, -0.25) is 0 Å². The maximum atomic E-state index is 5.69. The van der Waals surface area contributed by atoms with E-state index in [1.165, 1.54) is 19.4 Å². The summed E-state index contributed by atoms with van der Waals surface area (Å²) in [6.07, 6.45) is 4.27.